The minimum atomic E-state index is 0.178. The molecule has 0 atom stereocenters. The van der Waals surface area contributed by atoms with Crippen LogP contribution in [0.3, 0.4) is 0 Å². The zero-order chi connectivity index (χ0) is 40.1. The summed E-state index contributed by atoms with van der Waals surface area (Å²) >= 11 is 16.6. The summed E-state index contributed by atoms with van der Waals surface area (Å²) in [6.45, 7) is 2.27. The van der Waals surface area contributed by atoms with Gasteiger partial charge in [-0.1, -0.05) is 48.0 Å². The summed E-state index contributed by atoms with van der Waals surface area (Å²) in [4.78, 5) is 15.5. The predicted octanol–water partition coefficient (Wildman–Crippen LogP) is 8.35. The summed E-state index contributed by atoms with van der Waals surface area (Å²) in [5.41, 5.74) is 7.78. The Balaban J connectivity index is 0.000000151. The van der Waals surface area contributed by atoms with Gasteiger partial charge in [-0.15, -0.1) is 12.8 Å². The fourth-order valence-corrected chi connectivity index (χ4v) is 6.35. The van der Waals surface area contributed by atoms with Crippen LogP contribution in [0.4, 0.5) is 0 Å². The third-order valence-electron chi connectivity index (χ3n) is 8.00. The number of aryl methyl sites for hydroxylation is 4. The molecule has 0 radical (unpaired) electrons. The number of hydrogen-bond donors (Lipinski definition) is 0. The van der Waals surface area contributed by atoms with Crippen molar-refractivity contribution in [1.82, 2.24) is 29.1 Å². The molecule has 2 aliphatic heterocycles. The number of terminal acetylenes is 2. The fraction of sp³-hybridized carbons (Fsp3) is 0.125. The second kappa shape index (κ2) is 22.1. The molecule has 6 heterocycles. The first-order chi connectivity index (χ1) is 28.0. The monoisotopic (exact) mass is 792 g/mol. The number of aromatic nitrogens is 6. The molecule has 0 bridgehead atoms. The van der Waals surface area contributed by atoms with Crippen LogP contribution in [-0.4, -0.2) is 29.1 Å². The molecule has 57 heavy (non-hydrogen) atoms. The first-order valence-corrected chi connectivity index (χ1v) is 18.3. The number of hydrogen-bond acceptors (Lipinski definition) is 4. The van der Waals surface area contributed by atoms with Gasteiger partial charge >= 0.3 is 0 Å². The molecule has 0 aliphatic carbocycles. The minimum Gasteiger partial charge on any atom is -0.347 e. The van der Waals surface area contributed by atoms with Crippen LogP contribution in [0.2, 0.25) is 15.7 Å². The molecule has 0 saturated carbocycles. The molecule has 2 aliphatic rings. The third kappa shape index (κ3) is 12.3. The van der Waals surface area contributed by atoms with E-state index < -0.39 is 0 Å². The Bertz CT molecular complexity index is 2890. The Labute approximate surface area is 347 Å². The van der Waals surface area contributed by atoms with E-state index in [-0.39, 0.29) is 5.28 Å². The third-order valence-corrected chi connectivity index (χ3v) is 8.57. The molecule has 0 fully saturated rings. The highest BCUT2D eigenvalue weighted by Crippen LogP contribution is 2.34. The van der Waals surface area contributed by atoms with Crippen LogP contribution in [0.5, 0.6) is 0 Å². The SMILES string of the molecule is C#CC#CC#CC#CC#CC#CC#CC#CC#C.Clc1ccnc(Cl)n1.Clc1nccc(-c2cn3c4c(cccc24)CCC3)n1.c1cc2c3c(c1)ccn3CCC2. The Morgan fingerprint density at radius 1 is 0.544 bits per heavy atom. The largest absolute Gasteiger partial charge is 0.347 e. The van der Waals surface area contributed by atoms with Crippen molar-refractivity contribution in [3.63, 3.8) is 0 Å². The molecule has 6 nitrogen and oxygen atoms in total. The van der Waals surface area contributed by atoms with E-state index in [2.05, 4.69) is 179 Å². The summed E-state index contributed by atoms with van der Waals surface area (Å²) in [7, 11) is 0. The van der Waals surface area contributed by atoms with Crippen molar-refractivity contribution >= 4 is 56.6 Å². The molecule has 0 unspecified atom stereocenters. The van der Waals surface area contributed by atoms with Gasteiger partial charge in [-0.3, -0.25) is 0 Å². The highest BCUT2D eigenvalue weighted by Gasteiger charge is 2.17. The average molecular weight is 794 g/mol. The normalized spacial score (nSPS) is 10.3. The van der Waals surface area contributed by atoms with Gasteiger partial charge in [0.2, 0.25) is 10.6 Å². The molecule has 6 aromatic rings. The number of nitrogens with zero attached hydrogens (tertiary/aromatic N) is 6. The molecule has 2 aromatic carbocycles. The number of para-hydroxylation sites is 2. The Kier molecular flexibility index (Phi) is 15.8. The highest BCUT2D eigenvalue weighted by molar-refractivity contribution is 6.31. The van der Waals surface area contributed by atoms with Crippen LogP contribution in [0.15, 0.2) is 79.4 Å². The Morgan fingerprint density at radius 2 is 1.07 bits per heavy atom. The Morgan fingerprint density at radius 3 is 1.61 bits per heavy atom. The summed E-state index contributed by atoms with van der Waals surface area (Å²) in [5, 5.41) is 3.49. The van der Waals surface area contributed by atoms with Gasteiger partial charge in [0, 0.05) is 48.8 Å². The molecule has 0 saturated heterocycles. The minimum absolute atomic E-state index is 0.178. The predicted molar refractivity (Wildman–Crippen MR) is 231 cm³/mol. The van der Waals surface area contributed by atoms with Crippen LogP contribution in [0.25, 0.3) is 33.1 Å². The molecule has 0 N–H and O–H groups in total. The van der Waals surface area contributed by atoms with Gasteiger partial charge in [-0.05, 0) is 178 Å². The van der Waals surface area contributed by atoms with Crippen LogP contribution in [0.1, 0.15) is 24.0 Å². The highest BCUT2D eigenvalue weighted by atomic mass is 35.5. The van der Waals surface area contributed by atoms with Crippen molar-refractivity contribution in [3.05, 3.63) is 106 Å². The van der Waals surface area contributed by atoms with E-state index in [9.17, 15) is 0 Å². The topological polar surface area (TPSA) is 61.4 Å². The van der Waals surface area contributed by atoms with Crippen molar-refractivity contribution < 1.29 is 0 Å². The fourth-order valence-electron chi connectivity index (χ4n) is 5.88. The van der Waals surface area contributed by atoms with Crippen LogP contribution < -0.4 is 0 Å². The lowest BCUT2D eigenvalue weighted by molar-refractivity contribution is 0.636. The van der Waals surface area contributed by atoms with E-state index in [1.807, 2.05) is 6.07 Å². The quantitative estimate of drug-likeness (QED) is 0.0955. The molecule has 8 rings (SSSR count). The molecule has 9 heteroatoms. The summed E-state index contributed by atoms with van der Waals surface area (Å²) in [6, 6.07) is 18.8. The molecule has 270 valence electrons. The van der Waals surface area contributed by atoms with Gasteiger partial charge in [0.05, 0.1) is 16.7 Å². The van der Waals surface area contributed by atoms with E-state index in [0.717, 1.165) is 24.2 Å². The summed E-state index contributed by atoms with van der Waals surface area (Å²) < 4.78 is 4.70. The van der Waals surface area contributed by atoms with Crippen molar-refractivity contribution in [2.75, 3.05) is 0 Å². The lowest BCUT2D eigenvalue weighted by atomic mass is 10.0. The average Bonchev–Trinajstić information content (AvgIpc) is 3.83. The van der Waals surface area contributed by atoms with Gasteiger partial charge in [-0.2, -0.15) is 0 Å². The van der Waals surface area contributed by atoms with E-state index in [4.69, 9.17) is 47.6 Å². The van der Waals surface area contributed by atoms with Gasteiger partial charge in [0.15, 0.2) is 0 Å². The molecule has 0 spiro atoms. The summed E-state index contributed by atoms with van der Waals surface area (Å²) in [5.74, 6) is 38.2. The van der Waals surface area contributed by atoms with Crippen LogP contribution in [0, 0.1) is 108 Å². The van der Waals surface area contributed by atoms with Crippen LogP contribution >= 0.6 is 34.8 Å². The van der Waals surface area contributed by atoms with E-state index in [1.165, 1.54) is 64.9 Å². The van der Waals surface area contributed by atoms with Gasteiger partial charge in [0.25, 0.3) is 0 Å². The lowest BCUT2D eigenvalue weighted by Gasteiger charge is -2.14. The number of halogens is 3. The lowest BCUT2D eigenvalue weighted by Crippen LogP contribution is -2.05. The van der Waals surface area contributed by atoms with Crippen molar-refractivity contribution in [2.45, 2.75) is 38.8 Å². The smallest absolute Gasteiger partial charge is 0.223 e. The van der Waals surface area contributed by atoms with Crippen molar-refractivity contribution in [2.24, 2.45) is 0 Å². The zero-order valence-corrected chi connectivity index (χ0v) is 32.5. The summed E-state index contributed by atoms with van der Waals surface area (Å²) in [6.07, 6.45) is 22.3. The van der Waals surface area contributed by atoms with E-state index >= 15 is 0 Å². The second-order valence-corrected chi connectivity index (χ2v) is 12.6. The maximum atomic E-state index is 5.90. The van der Waals surface area contributed by atoms with Gasteiger partial charge in [0.1, 0.15) is 5.15 Å². The maximum absolute atomic E-state index is 5.90. The Hall–Kier alpha value is -7.41. The number of rotatable bonds is 1. The van der Waals surface area contributed by atoms with E-state index in [0.29, 0.717) is 10.4 Å². The second-order valence-electron chi connectivity index (χ2n) is 11.5. The van der Waals surface area contributed by atoms with Crippen molar-refractivity contribution in [1.29, 1.82) is 0 Å². The first kappa shape index (κ1) is 40.8. The standard InChI is InChI=1S/C18H2.C15H12ClN3.C11H11N.C4H2Cl2N2/c1-3-5-7-9-11-13-15-17-18-16-14-12-10-8-6-4-2;16-15-17-7-6-13(18-15)12-9-19-8-2-4-10-3-1-5-11(12)14(10)19;1-3-9-5-2-7-12-8-6-10(4-1)11(9)12;5-3-1-2-7-4(6)8-3/h1-2H;1,3,5-7,9H,2,4,8H2;1,3-4,6,8H,2,5,7H2;1-2H. The maximum Gasteiger partial charge on any atom is 0.223 e. The van der Waals surface area contributed by atoms with Crippen LogP contribution in [-0.2, 0) is 25.9 Å². The molecular formula is C48H27Cl3N6. The molecular weight excluding hydrogens is 767 g/mol. The van der Waals surface area contributed by atoms with Crippen molar-refractivity contribution in [3.8, 4) is 119 Å². The molecule has 4 aromatic heterocycles. The first-order valence-electron chi connectivity index (χ1n) is 17.2. The van der Waals surface area contributed by atoms with Gasteiger partial charge in [-0.25, -0.2) is 19.9 Å². The van der Waals surface area contributed by atoms with E-state index in [1.54, 1.807) is 12.3 Å². The zero-order valence-electron chi connectivity index (χ0n) is 30.2. The molecule has 0 amide bonds. The van der Waals surface area contributed by atoms with Gasteiger partial charge < -0.3 is 9.13 Å². The number of benzene rings is 2.